The van der Waals surface area contributed by atoms with Crippen LogP contribution in [-0.4, -0.2) is 112 Å². The van der Waals surface area contributed by atoms with Crippen molar-refractivity contribution in [2.75, 3.05) is 23.0 Å². The Bertz CT molecular complexity index is 1010. The van der Waals surface area contributed by atoms with Crippen LogP contribution in [0.3, 0.4) is 0 Å². The minimum absolute atomic E-state index is 0.210. The highest BCUT2D eigenvalue weighted by atomic mass is 32.1. The van der Waals surface area contributed by atoms with Crippen LogP contribution in [0.4, 0.5) is 0 Å². The molecule has 0 bridgehead atoms. The first kappa shape index (κ1) is 38.1. The van der Waals surface area contributed by atoms with Crippen LogP contribution < -0.4 is 43.8 Å². The van der Waals surface area contributed by atoms with Crippen molar-refractivity contribution in [2.24, 2.45) is 17.2 Å². The van der Waals surface area contributed by atoms with Crippen LogP contribution in [-0.2, 0) is 38.4 Å². The van der Waals surface area contributed by atoms with E-state index in [1.54, 1.807) is 0 Å². The number of aliphatic carboxylic acids is 1. The number of nitrogens with one attached hydrogen (secondary N) is 5. The Balaban J connectivity index is 5.32. The monoisotopic (exact) mass is 658 g/mol. The van der Waals surface area contributed by atoms with Gasteiger partial charge in [-0.3, -0.25) is 33.6 Å². The van der Waals surface area contributed by atoms with Gasteiger partial charge in [-0.05, 0) is 0 Å². The van der Waals surface area contributed by atoms with Gasteiger partial charge in [0, 0.05) is 23.0 Å². The molecule has 0 aromatic heterocycles. The van der Waals surface area contributed by atoms with Gasteiger partial charge in [0.05, 0.1) is 18.9 Å². The van der Waals surface area contributed by atoms with E-state index in [9.17, 15) is 38.4 Å². The number of hydrogen-bond donors (Lipinski definition) is 13. The molecule has 17 nitrogen and oxygen atoms in total. The highest BCUT2D eigenvalue weighted by Gasteiger charge is 2.32. The molecular weight excluding hydrogens is 625 g/mol. The summed E-state index contributed by atoms with van der Waals surface area (Å²) in [5.74, 6) is -8.83. The van der Waals surface area contributed by atoms with Crippen molar-refractivity contribution >= 4 is 97.8 Å². The average molecular weight is 659 g/mol. The predicted octanol–water partition coefficient (Wildman–Crippen LogP) is -5.71. The number of thiol groups is 4. The molecule has 0 aromatic rings. The maximum atomic E-state index is 12.8. The molecule has 6 atom stereocenters. The lowest BCUT2D eigenvalue weighted by Gasteiger charge is -2.25. The molecule has 0 radical (unpaired) electrons. The lowest BCUT2D eigenvalue weighted by molar-refractivity contribution is -0.143. The minimum atomic E-state index is -1.65. The van der Waals surface area contributed by atoms with Gasteiger partial charge >= 0.3 is 5.97 Å². The molecular formula is C20H34N8O9S4. The summed E-state index contributed by atoms with van der Waals surface area (Å²) in [4.78, 5) is 96.0. The summed E-state index contributed by atoms with van der Waals surface area (Å²) in [5, 5.41) is 20.4. The van der Waals surface area contributed by atoms with Crippen LogP contribution in [0.5, 0.6) is 0 Å². The lowest BCUT2D eigenvalue weighted by Crippen LogP contribution is -2.60. The molecule has 0 saturated heterocycles. The van der Waals surface area contributed by atoms with E-state index < -0.39 is 96.4 Å². The van der Waals surface area contributed by atoms with Crippen LogP contribution in [0, 0.1) is 0 Å². The van der Waals surface area contributed by atoms with Crippen LogP contribution in [0.25, 0.3) is 0 Å². The number of primary amides is 2. The molecule has 0 saturated carbocycles. The van der Waals surface area contributed by atoms with Gasteiger partial charge in [-0.2, -0.15) is 50.5 Å². The first-order chi connectivity index (χ1) is 19.1. The third-order valence-corrected chi connectivity index (χ3v) is 6.50. The summed E-state index contributed by atoms with van der Waals surface area (Å²) in [5.41, 5.74) is 15.5. The molecule has 0 aliphatic heterocycles. The summed E-state index contributed by atoms with van der Waals surface area (Å²) in [6.45, 7) is 0. The topological polar surface area (TPSA) is 295 Å². The molecule has 0 fully saturated rings. The van der Waals surface area contributed by atoms with E-state index in [0.29, 0.717) is 0 Å². The Morgan fingerprint density at radius 2 is 0.780 bits per heavy atom. The lowest BCUT2D eigenvalue weighted by atomic mass is 10.1. The second-order valence-electron chi connectivity index (χ2n) is 8.32. The van der Waals surface area contributed by atoms with Gasteiger partial charge in [-0.25, -0.2) is 4.79 Å². The highest BCUT2D eigenvalue weighted by Crippen LogP contribution is 2.01. The minimum Gasteiger partial charge on any atom is -0.480 e. The summed E-state index contributed by atoms with van der Waals surface area (Å²) in [6.07, 6.45) is -1.16. The fourth-order valence-electron chi connectivity index (χ4n) is 2.86. The Morgan fingerprint density at radius 1 is 0.512 bits per heavy atom. The smallest absolute Gasteiger partial charge is 0.326 e. The Morgan fingerprint density at radius 3 is 1.02 bits per heavy atom. The van der Waals surface area contributed by atoms with Gasteiger partial charge < -0.3 is 48.9 Å². The number of carbonyl (C=O) groups is 8. The fraction of sp³-hybridized carbons (Fsp3) is 0.600. The van der Waals surface area contributed by atoms with Crippen molar-refractivity contribution in [1.82, 2.24) is 26.6 Å². The van der Waals surface area contributed by atoms with Crippen LogP contribution in [0.1, 0.15) is 12.8 Å². The van der Waals surface area contributed by atoms with Crippen LogP contribution in [0.2, 0.25) is 0 Å². The number of rotatable bonds is 19. The van der Waals surface area contributed by atoms with E-state index in [-0.39, 0.29) is 23.0 Å². The molecule has 0 heterocycles. The van der Waals surface area contributed by atoms with Gasteiger partial charge in [-0.1, -0.05) is 0 Å². The van der Waals surface area contributed by atoms with Crippen LogP contribution >= 0.6 is 50.5 Å². The number of nitrogens with two attached hydrogens (primary N) is 3. The number of carboxylic acid groups (broad SMARTS) is 1. The maximum Gasteiger partial charge on any atom is 0.326 e. The molecule has 232 valence electrons. The summed E-state index contributed by atoms with van der Waals surface area (Å²) >= 11 is 16.0. The van der Waals surface area contributed by atoms with Gasteiger partial charge in [0.2, 0.25) is 41.4 Å². The highest BCUT2D eigenvalue weighted by molar-refractivity contribution is 7.80. The second kappa shape index (κ2) is 19.3. The molecule has 12 N–H and O–H groups in total. The largest absolute Gasteiger partial charge is 0.480 e. The van der Waals surface area contributed by atoms with Crippen LogP contribution in [0.15, 0.2) is 0 Å². The van der Waals surface area contributed by atoms with Gasteiger partial charge in [0.15, 0.2) is 0 Å². The molecule has 41 heavy (non-hydrogen) atoms. The fourth-order valence-corrected chi connectivity index (χ4v) is 3.88. The molecule has 0 spiro atoms. The van der Waals surface area contributed by atoms with Gasteiger partial charge in [-0.15, -0.1) is 0 Å². The van der Waals surface area contributed by atoms with E-state index in [1.807, 2.05) is 0 Å². The molecule has 0 aliphatic rings. The molecule has 7 amide bonds. The molecule has 0 aliphatic carbocycles. The SMILES string of the molecule is NC(=O)CC(N)C(=O)NC(CS)C(=O)NC(CS)C(=O)NC(CS)C(=O)NC(CS)C(=O)NC(CC(N)=O)C(=O)O. The number of hydrogen-bond acceptors (Lipinski definition) is 13. The zero-order valence-corrected chi connectivity index (χ0v) is 25.0. The van der Waals surface area contributed by atoms with Crippen molar-refractivity contribution < 1.29 is 43.5 Å². The zero-order chi connectivity index (χ0) is 31.9. The number of carbonyl (C=O) groups excluding carboxylic acids is 7. The van der Waals surface area contributed by atoms with Gasteiger partial charge in [0.1, 0.15) is 30.2 Å². The molecule has 0 aromatic carbocycles. The molecule has 21 heteroatoms. The van der Waals surface area contributed by atoms with E-state index in [2.05, 4.69) is 77.1 Å². The molecule has 0 rings (SSSR count). The first-order valence-corrected chi connectivity index (χ1v) is 14.1. The van der Waals surface area contributed by atoms with Crippen molar-refractivity contribution in [3.63, 3.8) is 0 Å². The van der Waals surface area contributed by atoms with E-state index in [0.717, 1.165) is 0 Å². The molecule has 6 unspecified atom stereocenters. The Labute approximate surface area is 256 Å². The first-order valence-electron chi connectivity index (χ1n) is 11.6. The zero-order valence-electron chi connectivity index (χ0n) is 21.4. The third kappa shape index (κ3) is 14.0. The normalized spacial score (nSPS) is 15.0. The Kier molecular flexibility index (Phi) is 17.9. The van der Waals surface area contributed by atoms with Crippen molar-refractivity contribution in [2.45, 2.75) is 49.1 Å². The number of carboxylic acids is 1. The number of amides is 7. The average Bonchev–Trinajstić information content (AvgIpc) is 2.89. The third-order valence-electron chi connectivity index (χ3n) is 5.04. The summed E-state index contributed by atoms with van der Waals surface area (Å²) < 4.78 is 0. The van der Waals surface area contributed by atoms with Crippen molar-refractivity contribution in [3.05, 3.63) is 0 Å². The van der Waals surface area contributed by atoms with Crippen molar-refractivity contribution in [1.29, 1.82) is 0 Å². The van der Waals surface area contributed by atoms with Crippen molar-refractivity contribution in [3.8, 4) is 0 Å². The summed E-state index contributed by atoms with van der Waals surface area (Å²) in [6, 6.07) is -8.25. The van der Waals surface area contributed by atoms with Gasteiger partial charge in [0.25, 0.3) is 0 Å². The van der Waals surface area contributed by atoms with E-state index in [4.69, 9.17) is 22.3 Å². The standard InChI is InChI=1S/C20H34N8O9S4/c21-7(1-13(22)29)15(31)25-9(3-38)17(33)27-11(5-40)19(35)28-12(6-41)18(34)26-10(4-39)16(32)24-8(20(36)37)2-14(23)30/h7-12,38-41H,1-6,21H2,(H2,22,29)(H2,23,30)(H,24,32)(H,25,31)(H,26,34)(H,27,33)(H,28,35)(H,36,37). The van der Waals surface area contributed by atoms with E-state index >= 15 is 0 Å². The second-order valence-corrected chi connectivity index (χ2v) is 9.78. The summed E-state index contributed by atoms with van der Waals surface area (Å²) in [7, 11) is 0. The van der Waals surface area contributed by atoms with E-state index in [1.165, 1.54) is 0 Å². The quantitative estimate of drug-likeness (QED) is 0.0584. The Hall–Kier alpha value is -2.88. The predicted molar refractivity (Wildman–Crippen MR) is 158 cm³/mol. The maximum absolute atomic E-state index is 12.8.